The normalized spacial score (nSPS) is 14.1. The Hall–Kier alpha value is -2.84. The number of hydrogen-bond donors (Lipinski definition) is 3. The lowest BCUT2D eigenvalue weighted by atomic mass is 10.1. The maximum Gasteiger partial charge on any atom is 0.263 e. The van der Waals surface area contributed by atoms with E-state index in [9.17, 15) is 4.79 Å². The smallest absolute Gasteiger partial charge is 0.263 e. The van der Waals surface area contributed by atoms with Crippen LogP contribution in [0.3, 0.4) is 0 Å². The lowest BCUT2D eigenvalue weighted by Gasteiger charge is -2.31. The average Bonchev–Trinajstić information content (AvgIpc) is 3.10. The van der Waals surface area contributed by atoms with Crippen molar-refractivity contribution in [1.82, 2.24) is 15.6 Å². The number of nitrogen functional groups attached to an aromatic ring is 1. The van der Waals surface area contributed by atoms with Crippen LogP contribution >= 0.6 is 11.3 Å². The standard InChI is InChI=1S/C23H29N5O2S/c1-3-30-19-14-16(5-7-18(19)28-12-10-25-11-13-28)8-9-26-22(29)21-20(24)17-6-4-15(2)27-23(17)31-21/h4-7,14,25H,3,8-13,24H2,1-2H3,(H,26,29). The van der Waals surface area contributed by atoms with Gasteiger partial charge in [-0.3, -0.25) is 4.79 Å². The van der Waals surface area contributed by atoms with Crippen molar-refractivity contribution in [2.45, 2.75) is 20.3 Å². The van der Waals surface area contributed by atoms with Gasteiger partial charge in [-0.25, -0.2) is 4.98 Å². The van der Waals surface area contributed by atoms with E-state index in [-0.39, 0.29) is 5.91 Å². The second kappa shape index (κ2) is 9.53. The molecule has 31 heavy (non-hydrogen) atoms. The van der Waals surface area contributed by atoms with Crippen LogP contribution in [0.25, 0.3) is 10.2 Å². The van der Waals surface area contributed by atoms with E-state index in [1.807, 2.05) is 26.0 Å². The van der Waals surface area contributed by atoms with Crippen LogP contribution in [0.15, 0.2) is 30.3 Å². The molecule has 1 fully saturated rings. The monoisotopic (exact) mass is 439 g/mol. The summed E-state index contributed by atoms with van der Waals surface area (Å²) in [7, 11) is 0. The van der Waals surface area contributed by atoms with Crippen LogP contribution in [-0.2, 0) is 6.42 Å². The lowest BCUT2D eigenvalue weighted by molar-refractivity contribution is 0.0959. The highest BCUT2D eigenvalue weighted by atomic mass is 32.1. The van der Waals surface area contributed by atoms with Gasteiger partial charge in [0.05, 0.1) is 18.0 Å². The zero-order chi connectivity index (χ0) is 21.8. The Morgan fingerprint density at radius 2 is 2.10 bits per heavy atom. The highest BCUT2D eigenvalue weighted by Gasteiger charge is 2.18. The Morgan fingerprint density at radius 3 is 2.87 bits per heavy atom. The minimum absolute atomic E-state index is 0.152. The molecule has 1 aliphatic heterocycles. The number of rotatable bonds is 7. The van der Waals surface area contributed by atoms with E-state index in [2.05, 4.69) is 38.7 Å². The highest BCUT2D eigenvalue weighted by molar-refractivity contribution is 7.21. The predicted molar refractivity (Wildman–Crippen MR) is 128 cm³/mol. The fourth-order valence-corrected chi connectivity index (χ4v) is 4.87. The third-order valence-electron chi connectivity index (χ3n) is 5.42. The lowest BCUT2D eigenvalue weighted by Crippen LogP contribution is -2.43. The van der Waals surface area contributed by atoms with E-state index in [1.165, 1.54) is 11.3 Å². The molecular formula is C23H29N5O2S. The van der Waals surface area contributed by atoms with Gasteiger partial charge in [-0.15, -0.1) is 11.3 Å². The van der Waals surface area contributed by atoms with Crippen molar-refractivity contribution in [3.8, 4) is 5.75 Å². The number of aromatic nitrogens is 1. The summed E-state index contributed by atoms with van der Waals surface area (Å²) in [6, 6.07) is 10.2. The molecule has 0 radical (unpaired) electrons. The first kappa shape index (κ1) is 21.4. The van der Waals surface area contributed by atoms with Gasteiger partial charge in [0.15, 0.2) is 0 Å². The molecule has 1 amide bonds. The summed E-state index contributed by atoms with van der Waals surface area (Å²) in [6.07, 6.45) is 0.718. The SMILES string of the molecule is CCOc1cc(CCNC(=O)c2sc3nc(C)ccc3c2N)ccc1N1CCNCC1. The molecule has 4 N–H and O–H groups in total. The van der Waals surface area contributed by atoms with Gasteiger partial charge in [-0.2, -0.15) is 0 Å². The maximum absolute atomic E-state index is 12.7. The molecule has 0 saturated carbocycles. The van der Waals surface area contributed by atoms with Crippen molar-refractivity contribution >= 4 is 38.8 Å². The summed E-state index contributed by atoms with van der Waals surface area (Å²) in [5.41, 5.74) is 9.88. The number of carbonyl (C=O) groups excluding carboxylic acids is 1. The number of nitrogens with one attached hydrogen (secondary N) is 2. The first-order chi connectivity index (χ1) is 15.1. The van der Waals surface area contributed by atoms with Gasteiger partial charge in [0.25, 0.3) is 5.91 Å². The number of amides is 1. The van der Waals surface area contributed by atoms with Gasteiger partial charge < -0.3 is 26.0 Å². The summed E-state index contributed by atoms with van der Waals surface area (Å²) < 4.78 is 5.92. The van der Waals surface area contributed by atoms with Gasteiger partial charge in [0, 0.05) is 43.8 Å². The van der Waals surface area contributed by atoms with Crippen molar-refractivity contribution in [2.24, 2.45) is 0 Å². The van der Waals surface area contributed by atoms with E-state index in [1.54, 1.807) is 0 Å². The molecule has 164 valence electrons. The fourth-order valence-electron chi connectivity index (χ4n) is 3.81. The Morgan fingerprint density at radius 1 is 1.29 bits per heavy atom. The number of hydrogen-bond acceptors (Lipinski definition) is 7. The van der Waals surface area contributed by atoms with Crippen LogP contribution in [0.1, 0.15) is 27.9 Å². The quantitative estimate of drug-likeness (QED) is 0.524. The first-order valence-corrected chi connectivity index (χ1v) is 11.5. The molecule has 0 atom stereocenters. The number of ether oxygens (including phenoxy) is 1. The summed E-state index contributed by atoms with van der Waals surface area (Å²) in [6.45, 7) is 8.99. The third kappa shape index (κ3) is 4.75. The van der Waals surface area contributed by atoms with Crippen molar-refractivity contribution in [1.29, 1.82) is 0 Å². The van der Waals surface area contributed by atoms with Crippen LogP contribution < -0.4 is 26.0 Å². The molecule has 2 aromatic heterocycles. The van der Waals surface area contributed by atoms with Crippen molar-refractivity contribution in [2.75, 3.05) is 50.0 Å². The zero-order valence-corrected chi connectivity index (χ0v) is 18.8. The number of fused-ring (bicyclic) bond motifs is 1. The number of anilines is 2. The molecule has 3 aromatic rings. The van der Waals surface area contributed by atoms with Crippen LogP contribution in [-0.4, -0.2) is 50.2 Å². The molecule has 3 heterocycles. The number of carbonyl (C=O) groups is 1. The van der Waals surface area contributed by atoms with Crippen molar-refractivity contribution in [3.63, 3.8) is 0 Å². The topological polar surface area (TPSA) is 92.5 Å². The number of nitrogens with zero attached hydrogens (tertiary/aromatic N) is 2. The molecule has 7 nitrogen and oxygen atoms in total. The maximum atomic E-state index is 12.7. The number of benzene rings is 1. The Labute approximate surface area is 186 Å². The molecule has 1 aromatic carbocycles. The molecule has 1 saturated heterocycles. The number of piperazine rings is 1. The van der Waals surface area contributed by atoms with Crippen LogP contribution in [0.4, 0.5) is 11.4 Å². The molecule has 0 bridgehead atoms. The van der Waals surface area contributed by atoms with Crippen LogP contribution in [0, 0.1) is 6.92 Å². The predicted octanol–water partition coefficient (Wildman–Crippen LogP) is 2.97. The van der Waals surface area contributed by atoms with E-state index < -0.39 is 0 Å². The van der Waals surface area contributed by atoms with E-state index in [0.717, 1.165) is 65.5 Å². The van der Waals surface area contributed by atoms with Gasteiger partial charge in [0.1, 0.15) is 15.5 Å². The number of thiophene rings is 1. The first-order valence-electron chi connectivity index (χ1n) is 10.7. The van der Waals surface area contributed by atoms with E-state index in [0.29, 0.717) is 23.7 Å². The zero-order valence-electron chi connectivity index (χ0n) is 18.0. The summed E-state index contributed by atoms with van der Waals surface area (Å²) in [5.74, 6) is 0.754. The van der Waals surface area contributed by atoms with Gasteiger partial charge >= 0.3 is 0 Å². The second-order valence-corrected chi connectivity index (χ2v) is 8.63. The van der Waals surface area contributed by atoms with Crippen molar-refractivity contribution < 1.29 is 9.53 Å². The van der Waals surface area contributed by atoms with Gasteiger partial charge in [-0.1, -0.05) is 6.07 Å². The minimum Gasteiger partial charge on any atom is -0.492 e. The Bertz CT molecular complexity index is 1080. The van der Waals surface area contributed by atoms with Crippen LogP contribution in [0.5, 0.6) is 5.75 Å². The van der Waals surface area contributed by atoms with Gasteiger partial charge in [-0.05, 0) is 50.1 Å². The van der Waals surface area contributed by atoms with Gasteiger partial charge in [0.2, 0.25) is 0 Å². The molecule has 1 aliphatic rings. The second-order valence-electron chi connectivity index (χ2n) is 7.63. The molecule has 0 aliphatic carbocycles. The number of nitrogens with two attached hydrogens (primary N) is 1. The van der Waals surface area contributed by atoms with Crippen molar-refractivity contribution in [3.05, 3.63) is 46.5 Å². The summed E-state index contributed by atoms with van der Waals surface area (Å²) in [5, 5.41) is 7.22. The number of pyridine rings is 1. The number of aryl methyl sites for hydroxylation is 1. The largest absolute Gasteiger partial charge is 0.492 e. The Balaban J connectivity index is 1.41. The van der Waals surface area contributed by atoms with Crippen LogP contribution in [0.2, 0.25) is 0 Å². The highest BCUT2D eigenvalue weighted by Crippen LogP contribution is 2.33. The molecule has 8 heteroatoms. The van der Waals surface area contributed by atoms with E-state index >= 15 is 0 Å². The molecule has 0 spiro atoms. The Kier molecular flexibility index (Phi) is 6.58. The molecule has 0 unspecified atom stereocenters. The molecular weight excluding hydrogens is 410 g/mol. The van der Waals surface area contributed by atoms with E-state index in [4.69, 9.17) is 10.5 Å². The summed E-state index contributed by atoms with van der Waals surface area (Å²) in [4.78, 5) is 20.9. The summed E-state index contributed by atoms with van der Waals surface area (Å²) >= 11 is 1.34. The third-order valence-corrected chi connectivity index (χ3v) is 6.53. The minimum atomic E-state index is -0.152. The molecule has 4 rings (SSSR count). The average molecular weight is 440 g/mol. The fraction of sp³-hybridized carbons (Fsp3) is 0.391.